The summed E-state index contributed by atoms with van der Waals surface area (Å²) >= 11 is 0. The maximum absolute atomic E-state index is 13.9. The summed E-state index contributed by atoms with van der Waals surface area (Å²) in [6.07, 6.45) is -35.1. The Labute approximate surface area is 575 Å². The number of halogens is 42. The topological polar surface area (TPSA) is 201 Å². The molecule has 0 bridgehead atoms. The number of rotatable bonds is 44. The third-order valence-corrected chi connectivity index (χ3v) is 23.4. The fourth-order valence-electron chi connectivity index (χ4n) is 7.23. The predicted octanol–water partition coefficient (Wildman–Crippen LogP) is 15.9. The summed E-state index contributed by atoms with van der Waals surface area (Å²) in [7, 11) is -18.9. The lowest BCUT2D eigenvalue weighted by Crippen LogP contribution is -2.70. The minimum Gasteiger partial charge on any atom is -0.412 e. The zero-order valence-corrected chi connectivity index (χ0v) is 57.9. The Bertz CT molecular complexity index is 2640. The van der Waals surface area contributed by atoms with Gasteiger partial charge in [-0.15, -0.1) is 0 Å². The van der Waals surface area contributed by atoms with Gasteiger partial charge < -0.3 is 66.0 Å². The lowest BCUT2D eigenvalue weighted by atomic mass is 9.93. The molecule has 0 radical (unpaired) electrons. The Hall–Kier alpha value is -3.15. The Kier molecular flexibility index (Phi) is 39.7. The van der Waals surface area contributed by atoms with Gasteiger partial charge in [-0.3, -0.25) is 0 Å². The largest absolute Gasteiger partial charge is 0.501 e. The van der Waals surface area contributed by atoms with Gasteiger partial charge in [0.05, 0.1) is 0 Å². The molecule has 642 valence electrons. The molecule has 8 N–H and O–H groups in total. The van der Waals surface area contributed by atoms with E-state index in [2.05, 4.69) is 9.43 Å². The maximum atomic E-state index is 13.9. The lowest BCUT2D eigenvalue weighted by Gasteiger charge is -2.40. The van der Waals surface area contributed by atoms with Crippen LogP contribution in [-0.2, 0) is 30.7 Å². The van der Waals surface area contributed by atoms with Crippen molar-refractivity contribution in [2.75, 3.05) is 65.8 Å². The average Bonchev–Trinajstić information content (AvgIpc) is 0.714. The van der Waals surface area contributed by atoms with Crippen LogP contribution in [0.4, 0.5) is 184 Å². The molecule has 0 saturated carbocycles. The van der Waals surface area contributed by atoms with Crippen molar-refractivity contribution >= 4 is 35.2 Å². The van der Waals surface area contributed by atoms with Gasteiger partial charge in [-0.05, 0) is 79.6 Å². The molecule has 0 saturated heterocycles. The van der Waals surface area contributed by atoms with E-state index in [9.17, 15) is 204 Å². The first-order valence-electron chi connectivity index (χ1n) is 28.4. The molecule has 0 aliphatic heterocycles. The predicted molar refractivity (Wildman–Crippen MR) is 284 cm³/mol. The van der Waals surface area contributed by atoms with E-state index in [-0.39, 0.29) is 39.3 Å². The second-order valence-corrected chi connectivity index (χ2v) is 30.8. The van der Waals surface area contributed by atoms with Crippen LogP contribution in [0.25, 0.3) is 0 Å². The van der Waals surface area contributed by atoms with Crippen LogP contribution in [0.15, 0.2) is 23.8 Å². The molecule has 0 aromatic carbocycles. The van der Waals surface area contributed by atoms with Gasteiger partial charge in [0.25, 0.3) is 0 Å². The molecule has 0 fully saturated rings. The number of alkyl halides is 40. The first-order valence-corrected chi connectivity index (χ1v) is 36.3. The van der Waals surface area contributed by atoms with Gasteiger partial charge in [-0.2, -0.15) is 176 Å². The summed E-state index contributed by atoms with van der Waals surface area (Å²) in [6.45, 7) is 6.74. The lowest BCUT2D eigenvalue weighted by molar-refractivity contribution is -0.440. The summed E-state index contributed by atoms with van der Waals surface area (Å²) in [5.74, 6) is -108. The van der Waals surface area contributed by atoms with Crippen molar-refractivity contribution in [1.29, 1.82) is 0 Å². The van der Waals surface area contributed by atoms with Crippen molar-refractivity contribution < 1.29 is 241 Å². The summed E-state index contributed by atoms with van der Waals surface area (Å²) in [5.41, 5.74) is 0. The van der Waals surface area contributed by atoms with Crippen LogP contribution in [0, 0.1) is 0 Å². The van der Waals surface area contributed by atoms with Crippen molar-refractivity contribution in [3.8, 4) is 0 Å². The molecule has 0 spiro atoms. The van der Waals surface area contributed by atoms with E-state index in [4.69, 9.17) is 26.6 Å². The van der Waals surface area contributed by atoms with Gasteiger partial charge in [-0.25, -0.2) is 8.78 Å². The summed E-state index contributed by atoms with van der Waals surface area (Å²) < 4.78 is 578. The molecule has 60 heteroatoms. The number of nitrogens with one attached hydrogen (secondary N) is 2. The fourth-order valence-corrected chi connectivity index (χ4v) is 16.7. The quantitative estimate of drug-likeness (QED) is 0.0191. The van der Waals surface area contributed by atoms with E-state index in [1.165, 1.54) is 20.8 Å². The molecule has 0 rings (SSSR count). The minimum absolute atomic E-state index is 0. The highest BCUT2D eigenvalue weighted by Crippen LogP contribution is 2.63. The SMILES string of the molecule is CCO[Si](CCC(F)(F)C(F)(F)C(F)(F)C(F)(F)C(F)(F)C(F)(F)F)(OCC)OCC.CCO[Si](CCCNC/C=C(\F)C(F)(F)C(F)(F)C(F)(F)F)(OCC)OCC.O.O[Si](O)(CCCNC/C=C(\F)C(F)(F)C(F)(F)C(F)(F)F)O[Si](O)(O)CCC(F)(F)C(F)(F)C(F)(F)C(F)(F)C(F)(F)C(F)(F)F.[HH]. The van der Waals surface area contributed by atoms with Gasteiger partial charge in [0, 0.05) is 91.2 Å². The van der Waals surface area contributed by atoms with Crippen LogP contribution in [0.5, 0.6) is 0 Å². The molecule has 0 atom stereocenters. The fraction of sp³-hybridized carbons (Fsp3) is 0.913. The zero-order chi connectivity index (χ0) is 84.7. The molecule has 14 nitrogen and oxygen atoms in total. The van der Waals surface area contributed by atoms with Crippen LogP contribution >= 0.6 is 0 Å². The highest BCUT2D eigenvalue weighted by molar-refractivity contribution is 6.72. The summed E-state index contributed by atoms with van der Waals surface area (Å²) in [5, 5.41) is 4.30. The van der Waals surface area contributed by atoms with Crippen molar-refractivity contribution in [3.63, 3.8) is 0 Å². The molecule has 0 heterocycles. The Morgan fingerprint density at radius 3 is 0.774 bits per heavy atom. The first-order chi connectivity index (χ1) is 46.2. The Balaban J connectivity index is -0.000000501. The van der Waals surface area contributed by atoms with E-state index < -0.39 is 218 Å². The molecule has 0 unspecified atom stereocenters. The average molecular weight is 1750 g/mol. The molecule has 0 aliphatic rings. The maximum Gasteiger partial charge on any atom is 0.501 e. The van der Waals surface area contributed by atoms with Gasteiger partial charge in [0.2, 0.25) is 0 Å². The summed E-state index contributed by atoms with van der Waals surface area (Å²) in [6, 6.07) is -4.71. The molecule has 0 amide bonds. The van der Waals surface area contributed by atoms with Gasteiger partial charge in [0.1, 0.15) is 0 Å². The van der Waals surface area contributed by atoms with Crippen molar-refractivity contribution in [3.05, 3.63) is 23.8 Å². The zero-order valence-electron chi connectivity index (χ0n) is 53.9. The van der Waals surface area contributed by atoms with Crippen LogP contribution in [0.3, 0.4) is 0 Å². The van der Waals surface area contributed by atoms with Crippen molar-refractivity contribution in [2.24, 2.45) is 0 Å². The van der Waals surface area contributed by atoms with Crippen LogP contribution in [0.1, 0.15) is 68.7 Å². The normalized spacial score (nSPS) is 15.5. The molecule has 0 aromatic heterocycles. The van der Waals surface area contributed by atoms with E-state index in [1.54, 1.807) is 20.8 Å². The standard InChI is InChI=1S/C17H18F21NO5Si2.C15H25F8NO3Si.C14H19F13O3Si.H2O.H2/c18-8(10(21,22)12(25,26)16(33,34)35)2-5-39-4-1-6-45(40,41)44-46(42,43)7-3-9(19,20)11(23,24)13(27,28)14(29,30)15(31,32)17(36,37)38;1-4-25-28(26-5-2,27-6-3)11-7-9-24-10-8-12(16)13(17,18)14(19,20)15(21,22)23;1-4-28-31(29-5-2,30-6-3)8-7-9(15,16)10(17,18)11(19,20)12(21,22)13(23,24)14(25,26)27;;/h2,39-43H,1,3-7H2;8,24H,4-7,9-11H2,1-3H3;4-8H2,1-3H3;1H2;1H/b8-2-;12-8-;;;. The first kappa shape index (κ1) is 109. The van der Waals surface area contributed by atoms with E-state index in [1.807, 2.05) is 5.32 Å². The highest BCUT2D eigenvalue weighted by atomic mass is 28.5. The van der Waals surface area contributed by atoms with Gasteiger partial charge in [-0.1, -0.05) is 0 Å². The number of hydrogen-bond acceptors (Lipinski definition) is 13. The van der Waals surface area contributed by atoms with Crippen LogP contribution in [-0.4, -0.2) is 233 Å². The van der Waals surface area contributed by atoms with Gasteiger partial charge >= 0.3 is 143 Å². The molecule has 106 heavy (non-hydrogen) atoms. The molecular weight excluding hydrogens is 1680 g/mol. The van der Waals surface area contributed by atoms with E-state index >= 15 is 0 Å². The smallest absolute Gasteiger partial charge is 0.412 e. The number of allylic oxidation sites excluding steroid dienone is 2. The number of hydrogen-bond donors (Lipinski definition) is 6. The van der Waals surface area contributed by atoms with Crippen LogP contribution in [0.2, 0.25) is 24.2 Å². The third kappa shape index (κ3) is 25.4. The minimum atomic E-state index is -8.22. The van der Waals surface area contributed by atoms with Crippen LogP contribution < -0.4 is 10.6 Å². The third-order valence-electron chi connectivity index (χ3n) is 12.7. The molecule has 0 aromatic rings. The Morgan fingerprint density at radius 1 is 0.311 bits per heavy atom. The Morgan fingerprint density at radius 2 is 0.528 bits per heavy atom. The second kappa shape index (κ2) is 38.6. The highest BCUT2D eigenvalue weighted by Gasteiger charge is 2.92. The van der Waals surface area contributed by atoms with Gasteiger partial charge in [0.15, 0.2) is 11.7 Å². The van der Waals surface area contributed by atoms with E-state index in [0.717, 1.165) is 0 Å². The van der Waals surface area contributed by atoms with E-state index in [0.29, 0.717) is 32.3 Å². The second-order valence-electron chi connectivity index (χ2n) is 20.6. The van der Waals surface area contributed by atoms with Crippen molar-refractivity contribution in [1.82, 2.24) is 10.6 Å². The monoisotopic (exact) mass is 1750 g/mol. The van der Waals surface area contributed by atoms with Crippen molar-refractivity contribution in [2.45, 2.75) is 199 Å². The molecule has 0 aliphatic carbocycles. The summed E-state index contributed by atoms with van der Waals surface area (Å²) in [4.78, 5) is 38.2. The molecular formula is C46H66F42N2O12Si4.